The predicted octanol–water partition coefficient (Wildman–Crippen LogP) is -3.34. The number of hydrogen-bond donors (Lipinski definition) is 2. The fourth-order valence-corrected chi connectivity index (χ4v) is 0. The zero-order valence-electron chi connectivity index (χ0n) is 5.29. The molecule has 3 nitrogen and oxygen atoms in total. The van der Waals surface area contributed by atoms with E-state index in [2.05, 4.69) is 0 Å². The molecule has 2 atom stereocenters. The van der Waals surface area contributed by atoms with Gasteiger partial charge >= 0.3 is 29.6 Å². The van der Waals surface area contributed by atoms with Gasteiger partial charge in [0.25, 0.3) is 0 Å². The van der Waals surface area contributed by atoms with Crippen molar-refractivity contribution in [3.63, 3.8) is 0 Å². The maximum Gasteiger partial charge on any atom is 1.00 e. The van der Waals surface area contributed by atoms with Gasteiger partial charge in [-0.2, -0.15) is 0 Å². The molecule has 0 aliphatic carbocycles. The van der Waals surface area contributed by atoms with Gasteiger partial charge in [-0.05, 0) is 6.92 Å². The minimum absolute atomic E-state index is 0. The molecule has 0 aliphatic heterocycles. The molecule has 0 bridgehead atoms. The Morgan fingerprint density at radius 2 is 2.00 bits per heavy atom. The van der Waals surface area contributed by atoms with Crippen LogP contribution in [0.15, 0.2) is 0 Å². The van der Waals surface area contributed by atoms with E-state index in [0.717, 1.165) is 0 Å². The van der Waals surface area contributed by atoms with E-state index in [0.29, 0.717) is 0 Å². The van der Waals surface area contributed by atoms with Gasteiger partial charge < -0.3 is 11.1 Å². The molecule has 2 N–H and O–H groups in total. The Labute approximate surface area is 68.2 Å². The Hall–Kier alpha value is 1.07. The quantitative estimate of drug-likeness (QED) is 0.291. The SMILES string of the molecule is CC(O)S(=O)O.[H-].[Na+]. The van der Waals surface area contributed by atoms with E-state index < -0.39 is 16.5 Å². The summed E-state index contributed by atoms with van der Waals surface area (Å²) >= 11 is -2.06. The van der Waals surface area contributed by atoms with Crippen LogP contribution in [0.1, 0.15) is 8.35 Å². The van der Waals surface area contributed by atoms with Crippen LogP contribution in [0.4, 0.5) is 0 Å². The normalized spacial score (nSPS) is 17.0. The van der Waals surface area contributed by atoms with Crippen molar-refractivity contribution < 1.29 is 44.9 Å². The second-order valence-electron chi connectivity index (χ2n) is 0.875. The summed E-state index contributed by atoms with van der Waals surface area (Å²) in [6, 6.07) is 0. The summed E-state index contributed by atoms with van der Waals surface area (Å²) in [5.41, 5.74) is -1.12. The predicted molar refractivity (Wildman–Crippen MR) is 23.6 cm³/mol. The van der Waals surface area contributed by atoms with E-state index in [9.17, 15) is 4.21 Å². The molecule has 7 heavy (non-hydrogen) atoms. The first-order chi connectivity index (χ1) is 2.64. The summed E-state index contributed by atoms with van der Waals surface area (Å²) in [5.74, 6) is 0. The molecule has 0 saturated carbocycles. The first kappa shape index (κ1) is 10.9. The first-order valence-electron chi connectivity index (χ1n) is 1.42. The van der Waals surface area contributed by atoms with Gasteiger partial charge in [-0.3, -0.25) is 0 Å². The Balaban J connectivity index is -0.000000125. The summed E-state index contributed by atoms with van der Waals surface area (Å²) in [7, 11) is 0. The van der Waals surface area contributed by atoms with Crippen LogP contribution in [0.2, 0.25) is 0 Å². The van der Waals surface area contributed by atoms with Crippen LogP contribution in [0, 0.1) is 0 Å². The van der Waals surface area contributed by atoms with Gasteiger partial charge in [0, 0.05) is 0 Å². The van der Waals surface area contributed by atoms with Crippen LogP contribution in [-0.2, 0) is 11.1 Å². The largest absolute Gasteiger partial charge is 1.00 e. The zero-order valence-corrected chi connectivity index (χ0v) is 7.10. The number of aliphatic hydroxyl groups excluding tert-OH is 1. The van der Waals surface area contributed by atoms with Crippen LogP contribution < -0.4 is 29.6 Å². The smallest absolute Gasteiger partial charge is 1.00 e. The summed E-state index contributed by atoms with van der Waals surface area (Å²) in [6.45, 7) is 1.25. The van der Waals surface area contributed by atoms with Gasteiger partial charge in [-0.1, -0.05) is 0 Å². The van der Waals surface area contributed by atoms with Crippen molar-refractivity contribution >= 4 is 11.1 Å². The number of hydrogen-bond acceptors (Lipinski definition) is 2. The van der Waals surface area contributed by atoms with Gasteiger partial charge in [-0.25, -0.2) is 4.21 Å². The van der Waals surface area contributed by atoms with E-state index in [1.54, 1.807) is 0 Å². The third kappa shape index (κ3) is 7.07. The molecule has 40 valence electrons. The summed E-state index contributed by atoms with van der Waals surface area (Å²) in [5, 5.41) is 8.08. The van der Waals surface area contributed by atoms with Crippen LogP contribution >= 0.6 is 0 Å². The molecule has 0 aromatic rings. The van der Waals surface area contributed by atoms with E-state index in [4.69, 9.17) is 9.66 Å². The third-order valence-electron chi connectivity index (χ3n) is 0.292. The molecule has 0 aliphatic rings. The zero-order chi connectivity index (χ0) is 5.15. The fourth-order valence-electron chi connectivity index (χ4n) is 0. The van der Waals surface area contributed by atoms with Crippen molar-refractivity contribution in [1.29, 1.82) is 0 Å². The Bertz CT molecular complexity index is 68.3. The maximum atomic E-state index is 9.56. The summed E-state index contributed by atoms with van der Waals surface area (Å²) in [4.78, 5) is 0. The molecule has 0 heterocycles. The van der Waals surface area contributed by atoms with Crippen molar-refractivity contribution in [1.82, 2.24) is 0 Å². The summed E-state index contributed by atoms with van der Waals surface area (Å²) < 4.78 is 17.4. The molecule has 0 rings (SSSR count). The third-order valence-corrected chi connectivity index (χ3v) is 0.875. The molecule has 0 saturated heterocycles. The molecule has 0 fully saturated rings. The molecule has 0 spiro atoms. The van der Waals surface area contributed by atoms with Crippen LogP contribution in [-0.4, -0.2) is 19.3 Å². The Morgan fingerprint density at radius 3 is 2.00 bits per heavy atom. The van der Waals surface area contributed by atoms with Crippen molar-refractivity contribution in [2.45, 2.75) is 12.4 Å². The first-order valence-corrected chi connectivity index (χ1v) is 2.59. The van der Waals surface area contributed by atoms with Gasteiger partial charge in [0.1, 0.15) is 0 Å². The van der Waals surface area contributed by atoms with Crippen LogP contribution in [0.5, 0.6) is 0 Å². The second kappa shape index (κ2) is 5.21. The van der Waals surface area contributed by atoms with E-state index in [-0.39, 0.29) is 31.0 Å². The Kier molecular flexibility index (Phi) is 8.15. The van der Waals surface area contributed by atoms with Crippen molar-refractivity contribution in [2.24, 2.45) is 0 Å². The average molecular weight is 134 g/mol. The fraction of sp³-hybridized carbons (Fsp3) is 1.00. The molecular formula is C2H7NaO3S. The van der Waals surface area contributed by atoms with Crippen molar-refractivity contribution in [2.75, 3.05) is 0 Å². The van der Waals surface area contributed by atoms with Gasteiger partial charge in [0.2, 0.25) is 0 Å². The maximum absolute atomic E-state index is 9.56. The standard InChI is InChI=1S/C2H6O3S.Na.H/c1-2(3)6(4)5;;/h2-3H,1H3,(H,4,5);;/q;+1;-1. The molecule has 0 amide bonds. The van der Waals surface area contributed by atoms with E-state index in [1.165, 1.54) is 6.92 Å². The monoisotopic (exact) mass is 134 g/mol. The van der Waals surface area contributed by atoms with Crippen LogP contribution in [0.3, 0.4) is 0 Å². The van der Waals surface area contributed by atoms with Crippen LogP contribution in [0.25, 0.3) is 0 Å². The minimum Gasteiger partial charge on any atom is -1.00 e. The topological polar surface area (TPSA) is 57.5 Å². The van der Waals surface area contributed by atoms with Crippen molar-refractivity contribution in [3.8, 4) is 0 Å². The molecule has 0 aromatic heterocycles. The second-order valence-corrected chi connectivity index (χ2v) is 2.11. The Morgan fingerprint density at radius 1 is 1.86 bits per heavy atom. The molecule has 5 heteroatoms. The average Bonchev–Trinajstić information content (AvgIpc) is 1.36. The van der Waals surface area contributed by atoms with Gasteiger partial charge in [0.15, 0.2) is 16.5 Å². The number of aliphatic hydroxyl groups is 1. The van der Waals surface area contributed by atoms with Gasteiger partial charge in [0.05, 0.1) is 0 Å². The summed E-state index contributed by atoms with van der Waals surface area (Å²) in [6.07, 6.45) is 0. The van der Waals surface area contributed by atoms with Gasteiger partial charge in [-0.15, -0.1) is 0 Å². The molecule has 0 radical (unpaired) electrons. The molecular weight excluding hydrogens is 127 g/mol. The van der Waals surface area contributed by atoms with E-state index >= 15 is 0 Å². The number of rotatable bonds is 1. The molecule has 2 unspecified atom stereocenters. The molecule has 0 aromatic carbocycles. The van der Waals surface area contributed by atoms with Crippen molar-refractivity contribution in [3.05, 3.63) is 0 Å². The minimum atomic E-state index is -2.06. The van der Waals surface area contributed by atoms with E-state index in [1.807, 2.05) is 0 Å².